The van der Waals surface area contributed by atoms with Crippen LogP contribution in [0.3, 0.4) is 0 Å². The average Bonchev–Trinajstić information content (AvgIpc) is 2.59. The minimum absolute atomic E-state index is 0.200. The van der Waals surface area contributed by atoms with Crippen molar-refractivity contribution in [3.8, 4) is 0 Å². The lowest BCUT2D eigenvalue weighted by molar-refractivity contribution is -0.137. The maximum atomic E-state index is 13.1. The maximum Gasteiger partial charge on any atom is 0.416 e. The Hall–Kier alpha value is -1.63. The summed E-state index contributed by atoms with van der Waals surface area (Å²) in [7, 11) is -6.39. The fourth-order valence-electron chi connectivity index (χ4n) is 2.62. The second-order valence-corrected chi connectivity index (χ2v) is 17.1. The van der Waals surface area contributed by atoms with Gasteiger partial charge in [-0.25, -0.2) is 4.79 Å². The molecule has 0 aliphatic heterocycles. The largest absolute Gasteiger partial charge is 0.444 e. The number of halogens is 3. The molecule has 0 fully saturated rings. The summed E-state index contributed by atoms with van der Waals surface area (Å²) in [4.78, 5) is 12.5. The van der Waals surface area contributed by atoms with Gasteiger partial charge in [0.05, 0.1) is 24.5 Å². The molecule has 34 heavy (non-hydrogen) atoms. The van der Waals surface area contributed by atoms with E-state index in [9.17, 15) is 26.4 Å². The first-order valence-electron chi connectivity index (χ1n) is 10.7. The number of rotatable bonds is 8. The van der Waals surface area contributed by atoms with Gasteiger partial charge in [-0.2, -0.15) is 21.6 Å². The number of ether oxygens (including phenoxy) is 1. The summed E-state index contributed by atoms with van der Waals surface area (Å²) in [6.07, 6.45) is -5.84. The average molecular weight is 528 g/mol. The lowest BCUT2D eigenvalue weighted by atomic mass is 10.0. The zero-order valence-electron chi connectivity index (χ0n) is 21.2. The molecule has 0 radical (unpaired) electrons. The smallest absolute Gasteiger partial charge is 0.416 e. The molecule has 0 heterocycles. The van der Waals surface area contributed by atoms with Crippen LogP contribution in [0.5, 0.6) is 0 Å². The number of hydrogen-bond donors (Lipinski definition) is 1. The van der Waals surface area contributed by atoms with Gasteiger partial charge in [0, 0.05) is 0 Å². The van der Waals surface area contributed by atoms with E-state index in [-0.39, 0.29) is 17.2 Å². The predicted molar refractivity (Wildman–Crippen MR) is 126 cm³/mol. The summed E-state index contributed by atoms with van der Waals surface area (Å²) in [5.41, 5.74) is -1.55. The van der Waals surface area contributed by atoms with Crippen molar-refractivity contribution in [1.82, 2.24) is 5.32 Å². The highest BCUT2D eigenvalue weighted by Crippen LogP contribution is 2.37. The van der Waals surface area contributed by atoms with Crippen molar-refractivity contribution in [2.75, 3.05) is 12.9 Å². The Morgan fingerprint density at radius 3 is 1.91 bits per heavy atom. The highest BCUT2D eigenvalue weighted by molar-refractivity contribution is 7.86. The van der Waals surface area contributed by atoms with Gasteiger partial charge in [0.2, 0.25) is 0 Å². The topological polar surface area (TPSA) is 90.9 Å². The zero-order valence-corrected chi connectivity index (χ0v) is 23.0. The van der Waals surface area contributed by atoms with Gasteiger partial charge in [-0.15, -0.1) is 0 Å². The quantitative estimate of drug-likeness (QED) is 0.348. The third-order valence-corrected chi connectivity index (χ3v) is 10.5. The summed E-state index contributed by atoms with van der Waals surface area (Å²) < 4.78 is 79.9. The maximum absolute atomic E-state index is 13.1. The van der Waals surface area contributed by atoms with Crippen LogP contribution >= 0.6 is 0 Å². The van der Waals surface area contributed by atoms with Gasteiger partial charge in [0.25, 0.3) is 10.1 Å². The second-order valence-electron chi connectivity index (χ2n) is 10.7. The van der Waals surface area contributed by atoms with E-state index in [2.05, 4.69) is 5.32 Å². The van der Waals surface area contributed by atoms with Crippen LogP contribution in [0, 0.1) is 0 Å². The van der Waals surface area contributed by atoms with E-state index in [1.807, 2.05) is 33.9 Å². The lowest BCUT2D eigenvalue weighted by Gasteiger charge is -2.38. The number of carbonyl (C=O) groups is 1. The van der Waals surface area contributed by atoms with Gasteiger partial charge in [-0.3, -0.25) is 4.18 Å². The van der Waals surface area contributed by atoms with Crippen LogP contribution in [0.1, 0.15) is 58.7 Å². The highest BCUT2D eigenvalue weighted by Gasteiger charge is 2.40. The number of alkyl halides is 3. The van der Waals surface area contributed by atoms with Crippen LogP contribution < -0.4 is 5.32 Å². The first-order chi connectivity index (χ1) is 15.0. The first-order valence-corrected chi connectivity index (χ1v) is 15.4. The Morgan fingerprint density at radius 2 is 1.53 bits per heavy atom. The summed E-state index contributed by atoms with van der Waals surface area (Å²) in [5, 5.41) is 2.35. The number of amides is 1. The molecule has 1 N–H and O–H groups in total. The molecule has 0 bridgehead atoms. The molecule has 196 valence electrons. The molecule has 7 nitrogen and oxygen atoms in total. The molecule has 1 aromatic carbocycles. The normalized spacial score (nSPS) is 15.5. The minimum atomic E-state index is -4.55. The third kappa shape index (κ3) is 9.93. The van der Waals surface area contributed by atoms with Crippen LogP contribution in [0.2, 0.25) is 18.1 Å². The van der Waals surface area contributed by atoms with Gasteiger partial charge in [0.1, 0.15) is 11.7 Å². The highest BCUT2D eigenvalue weighted by atomic mass is 32.2. The van der Waals surface area contributed by atoms with E-state index in [0.29, 0.717) is 0 Å². The molecule has 0 spiro atoms. The molecule has 0 aromatic heterocycles. The van der Waals surface area contributed by atoms with E-state index in [4.69, 9.17) is 13.3 Å². The standard InChI is InChI=1S/C22H36F3NO6SSi/c1-20(2,3)31-19(27)26-18(15-10-12-16(13-11-15)22(23,24)25)17(32-33(7,28)29)14-30-34(8,9)21(4,5)6/h10-13,17-18H,14H2,1-9H3,(H,26,27). The van der Waals surface area contributed by atoms with Crippen LogP contribution in [-0.2, 0) is 29.6 Å². The Balaban J connectivity index is 3.44. The Bertz CT molecular complexity index is 935. The van der Waals surface area contributed by atoms with E-state index < -0.39 is 54.0 Å². The van der Waals surface area contributed by atoms with Crippen molar-refractivity contribution in [3.63, 3.8) is 0 Å². The van der Waals surface area contributed by atoms with Gasteiger partial charge in [-0.05, 0) is 56.6 Å². The molecule has 2 atom stereocenters. The summed E-state index contributed by atoms with van der Waals surface area (Å²) in [6.45, 7) is 14.6. The van der Waals surface area contributed by atoms with E-state index >= 15 is 0 Å². The molecule has 0 saturated heterocycles. The van der Waals surface area contributed by atoms with E-state index in [1.54, 1.807) is 20.8 Å². The van der Waals surface area contributed by atoms with Crippen LogP contribution in [0.25, 0.3) is 0 Å². The van der Waals surface area contributed by atoms with E-state index in [1.165, 1.54) is 0 Å². The number of nitrogens with one attached hydrogen (secondary N) is 1. The fourth-order valence-corrected chi connectivity index (χ4v) is 4.25. The number of benzene rings is 1. The van der Waals surface area contributed by atoms with Gasteiger partial charge in [-0.1, -0.05) is 32.9 Å². The van der Waals surface area contributed by atoms with Crippen LogP contribution in [0.15, 0.2) is 24.3 Å². The lowest BCUT2D eigenvalue weighted by Crippen LogP contribution is -2.47. The van der Waals surface area contributed by atoms with Gasteiger partial charge < -0.3 is 14.5 Å². The van der Waals surface area contributed by atoms with Crippen LogP contribution in [0.4, 0.5) is 18.0 Å². The molecule has 0 saturated carbocycles. The molecule has 1 amide bonds. The van der Waals surface area contributed by atoms with E-state index in [0.717, 1.165) is 30.5 Å². The molecule has 12 heteroatoms. The van der Waals surface area contributed by atoms with Gasteiger partial charge in [0.15, 0.2) is 8.32 Å². The molecule has 0 aliphatic carbocycles. The van der Waals surface area contributed by atoms with Gasteiger partial charge >= 0.3 is 12.3 Å². The molecule has 1 rings (SSSR count). The van der Waals surface area contributed by atoms with Crippen molar-refractivity contribution < 1.29 is 39.7 Å². The van der Waals surface area contributed by atoms with Crippen molar-refractivity contribution in [1.29, 1.82) is 0 Å². The molecule has 1 aromatic rings. The molecular weight excluding hydrogens is 491 g/mol. The Kier molecular flexibility index (Phi) is 9.43. The Labute approximate surface area is 201 Å². The van der Waals surface area contributed by atoms with Crippen molar-refractivity contribution in [2.24, 2.45) is 0 Å². The monoisotopic (exact) mass is 527 g/mol. The summed E-state index contributed by atoms with van der Waals surface area (Å²) in [5.74, 6) is 0. The first kappa shape index (κ1) is 30.4. The van der Waals surface area contributed by atoms with Crippen molar-refractivity contribution >= 4 is 24.5 Å². The summed E-state index contributed by atoms with van der Waals surface area (Å²) in [6, 6.07) is 2.86. The second kappa shape index (κ2) is 10.5. The van der Waals surface area contributed by atoms with Crippen molar-refractivity contribution in [2.45, 2.75) is 83.6 Å². The minimum Gasteiger partial charge on any atom is -0.444 e. The van der Waals surface area contributed by atoms with Crippen LogP contribution in [-0.4, -0.2) is 47.4 Å². The number of alkyl carbamates (subject to hydrolysis) is 1. The predicted octanol–water partition coefficient (Wildman–Crippen LogP) is 5.64. The Morgan fingerprint density at radius 1 is 1.03 bits per heavy atom. The third-order valence-electron chi connectivity index (χ3n) is 5.35. The summed E-state index contributed by atoms with van der Waals surface area (Å²) >= 11 is 0. The number of carbonyl (C=O) groups excluding carboxylic acids is 1. The van der Waals surface area contributed by atoms with Crippen molar-refractivity contribution in [3.05, 3.63) is 35.4 Å². The molecular formula is C22H36F3NO6SSi. The SMILES string of the molecule is CC(C)(C)OC(=O)NC(c1ccc(C(F)(F)F)cc1)C(CO[Si](C)(C)C(C)(C)C)OS(C)(=O)=O. The molecule has 2 unspecified atom stereocenters. The zero-order chi connectivity index (χ0) is 26.8. The fraction of sp³-hybridized carbons (Fsp3) is 0.682. The number of hydrogen-bond acceptors (Lipinski definition) is 6. The molecule has 0 aliphatic rings.